The van der Waals surface area contributed by atoms with Crippen LogP contribution in [0.1, 0.15) is 0 Å². The van der Waals surface area contributed by atoms with Gasteiger partial charge >= 0.3 is 0 Å². The SMILES string of the molecule is COc1nc(=N)n(O)c2nc[nH]c12. The van der Waals surface area contributed by atoms with Gasteiger partial charge in [-0.2, -0.15) is 4.98 Å². The molecule has 0 aromatic carbocycles. The highest BCUT2D eigenvalue weighted by molar-refractivity contribution is 5.75. The zero-order valence-electron chi connectivity index (χ0n) is 6.77. The van der Waals surface area contributed by atoms with Gasteiger partial charge in [-0.1, -0.05) is 0 Å². The first kappa shape index (κ1) is 7.59. The number of ether oxygens (including phenoxy) is 1. The molecule has 0 spiro atoms. The van der Waals surface area contributed by atoms with Crippen LogP contribution < -0.4 is 10.4 Å². The molecule has 0 amide bonds. The maximum absolute atomic E-state index is 9.30. The second-order valence-electron chi connectivity index (χ2n) is 2.36. The number of hydrogen-bond acceptors (Lipinski definition) is 5. The van der Waals surface area contributed by atoms with Crippen LogP contribution in [0.15, 0.2) is 6.33 Å². The summed E-state index contributed by atoms with van der Waals surface area (Å²) < 4.78 is 5.47. The summed E-state index contributed by atoms with van der Waals surface area (Å²) in [6.45, 7) is 0. The summed E-state index contributed by atoms with van der Waals surface area (Å²) >= 11 is 0. The van der Waals surface area contributed by atoms with E-state index < -0.39 is 0 Å². The summed E-state index contributed by atoms with van der Waals surface area (Å²) in [4.78, 5) is 10.2. The molecule has 0 atom stereocenters. The predicted octanol–water partition coefficient (Wildman–Crippen LogP) is -0.515. The average molecular weight is 181 g/mol. The van der Waals surface area contributed by atoms with E-state index >= 15 is 0 Å². The number of imidazole rings is 1. The molecule has 0 bridgehead atoms. The number of nitrogens with one attached hydrogen (secondary N) is 2. The van der Waals surface area contributed by atoms with Crippen molar-refractivity contribution in [2.75, 3.05) is 7.11 Å². The van der Waals surface area contributed by atoms with E-state index in [1.807, 2.05) is 0 Å². The molecule has 2 rings (SSSR count). The van der Waals surface area contributed by atoms with Crippen molar-refractivity contribution < 1.29 is 9.94 Å². The molecule has 0 aliphatic carbocycles. The lowest BCUT2D eigenvalue weighted by Crippen LogP contribution is -2.22. The number of H-pyrrole nitrogens is 1. The molecule has 2 aromatic rings. The van der Waals surface area contributed by atoms with Gasteiger partial charge in [0.05, 0.1) is 13.4 Å². The third-order valence-electron chi connectivity index (χ3n) is 1.64. The minimum absolute atomic E-state index is 0.219. The fourth-order valence-electron chi connectivity index (χ4n) is 1.05. The van der Waals surface area contributed by atoms with Crippen LogP contribution in [0.2, 0.25) is 0 Å². The molecule has 2 heterocycles. The van der Waals surface area contributed by atoms with Gasteiger partial charge in [-0.05, 0) is 0 Å². The molecule has 0 aliphatic rings. The highest BCUT2D eigenvalue weighted by Gasteiger charge is 2.09. The molecule has 7 nitrogen and oxygen atoms in total. The van der Waals surface area contributed by atoms with E-state index in [1.165, 1.54) is 13.4 Å². The molecule has 2 aromatic heterocycles. The molecule has 7 heteroatoms. The van der Waals surface area contributed by atoms with E-state index in [0.29, 0.717) is 10.2 Å². The van der Waals surface area contributed by atoms with Crippen LogP contribution in [0.25, 0.3) is 11.2 Å². The maximum Gasteiger partial charge on any atom is 0.261 e. The second kappa shape index (κ2) is 2.47. The topological polar surface area (TPSA) is 99.8 Å². The van der Waals surface area contributed by atoms with Crippen LogP contribution in [0, 0.1) is 5.41 Å². The van der Waals surface area contributed by atoms with Gasteiger partial charge in [0.15, 0.2) is 0 Å². The molecule has 3 N–H and O–H groups in total. The van der Waals surface area contributed by atoms with Crippen LogP contribution in [0.3, 0.4) is 0 Å². The summed E-state index contributed by atoms with van der Waals surface area (Å²) in [5.74, 6) is 0.239. The smallest absolute Gasteiger partial charge is 0.261 e. The lowest BCUT2D eigenvalue weighted by Gasteiger charge is -2.01. The Morgan fingerprint density at radius 2 is 2.46 bits per heavy atom. The minimum Gasteiger partial charge on any atom is -0.479 e. The third kappa shape index (κ3) is 0.934. The van der Waals surface area contributed by atoms with Gasteiger partial charge in [-0.25, -0.2) is 4.98 Å². The molecule has 0 saturated heterocycles. The van der Waals surface area contributed by atoms with Crippen molar-refractivity contribution >= 4 is 11.2 Å². The molecule has 0 aliphatic heterocycles. The Kier molecular flexibility index (Phi) is 1.44. The van der Waals surface area contributed by atoms with Gasteiger partial charge in [0, 0.05) is 0 Å². The first-order valence-corrected chi connectivity index (χ1v) is 3.48. The van der Waals surface area contributed by atoms with Gasteiger partial charge < -0.3 is 14.9 Å². The Balaban J connectivity index is 2.95. The normalized spacial score (nSPS) is 10.5. The summed E-state index contributed by atoms with van der Waals surface area (Å²) in [5, 5.41) is 16.5. The predicted molar refractivity (Wildman–Crippen MR) is 41.5 cm³/mol. The molecule has 0 fully saturated rings. The van der Waals surface area contributed by atoms with Crippen molar-refractivity contribution in [3.8, 4) is 5.88 Å². The summed E-state index contributed by atoms with van der Waals surface area (Å²) in [7, 11) is 1.43. The van der Waals surface area contributed by atoms with Crippen molar-refractivity contribution in [2.24, 2.45) is 0 Å². The van der Waals surface area contributed by atoms with E-state index in [1.54, 1.807) is 0 Å². The molecular weight excluding hydrogens is 174 g/mol. The molecule has 0 saturated carbocycles. The van der Waals surface area contributed by atoms with Gasteiger partial charge in [0.2, 0.25) is 11.5 Å². The van der Waals surface area contributed by atoms with Crippen LogP contribution in [0.4, 0.5) is 0 Å². The zero-order chi connectivity index (χ0) is 9.42. The standard InChI is InChI=1S/C6H7N5O2/c1-13-5-3-4(9-2-8-3)11(12)6(7)10-5/h2,7,12H,1H3,(H,8,9). The highest BCUT2D eigenvalue weighted by atomic mass is 16.5. The number of methoxy groups -OCH3 is 1. The van der Waals surface area contributed by atoms with Gasteiger partial charge in [-0.15, -0.1) is 4.73 Å². The van der Waals surface area contributed by atoms with E-state index in [4.69, 9.17) is 10.1 Å². The molecule has 0 radical (unpaired) electrons. The number of rotatable bonds is 1. The Bertz CT molecular complexity index is 499. The second-order valence-corrected chi connectivity index (χ2v) is 2.36. The minimum atomic E-state index is -0.323. The number of hydrogen-bond donors (Lipinski definition) is 3. The van der Waals surface area contributed by atoms with Gasteiger partial charge in [0.1, 0.15) is 5.52 Å². The Hall–Kier alpha value is -2.05. The average Bonchev–Trinajstić information content (AvgIpc) is 2.60. The van der Waals surface area contributed by atoms with Crippen LogP contribution >= 0.6 is 0 Å². The Morgan fingerprint density at radius 3 is 3.15 bits per heavy atom. The first-order valence-electron chi connectivity index (χ1n) is 3.48. The summed E-state index contributed by atoms with van der Waals surface area (Å²) in [5.41, 5.74) is 0.356. The quantitative estimate of drug-likeness (QED) is 0.515. The summed E-state index contributed by atoms with van der Waals surface area (Å²) in [6, 6.07) is 0. The Morgan fingerprint density at radius 1 is 1.69 bits per heavy atom. The monoisotopic (exact) mass is 181 g/mol. The maximum atomic E-state index is 9.30. The van der Waals surface area contributed by atoms with E-state index in [2.05, 4.69) is 15.0 Å². The van der Waals surface area contributed by atoms with Gasteiger partial charge in [0.25, 0.3) is 5.62 Å². The molecule has 0 unspecified atom stereocenters. The third-order valence-corrected chi connectivity index (χ3v) is 1.64. The van der Waals surface area contributed by atoms with Crippen LogP contribution in [0.5, 0.6) is 5.88 Å². The fraction of sp³-hybridized carbons (Fsp3) is 0.167. The number of nitrogens with zero attached hydrogens (tertiary/aromatic N) is 3. The van der Waals surface area contributed by atoms with E-state index in [9.17, 15) is 5.21 Å². The van der Waals surface area contributed by atoms with Gasteiger partial charge in [-0.3, -0.25) is 5.41 Å². The summed E-state index contributed by atoms with van der Waals surface area (Å²) in [6.07, 6.45) is 1.39. The highest BCUT2D eigenvalue weighted by Crippen LogP contribution is 2.15. The zero-order valence-corrected chi connectivity index (χ0v) is 6.77. The number of aromatic amines is 1. The molecule has 13 heavy (non-hydrogen) atoms. The van der Waals surface area contributed by atoms with Crippen molar-refractivity contribution in [3.63, 3.8) is 0 Å². The largest absolute Gasteiger partial charge is 0.479 e. The fourth-order valence-corrected chi connectivity index (χ4v) is 1.05. The van der Waals surface area contributed by atoms with Crippen molar-refractivity contribution in [2.45, 2.75) is 0 Å². The van der Waals surface area contributed by atoms with Crippen molar-refractivity contribution in [3.05, 3.63) is 11.9 Å². The van der Waals surface area contributed by atoms with Crippen LogP contribution in [-0.4, -0.2) is 32.0 Å². The molecular formula is C6H7N5O2. The van der Waals surface area contributed by atoms with Crippen molar-refractivity contribution in [1.82, 2.24) is 19.7 Å². The lowest BCUT2D eigenvalue weighted by atomic mass is 10.5. The number of aromatic nitrogens is 4. The molecule has 68 valence electrons. The van der Waals surface area contributed by atoms with Crippen molar-refractivity contribution in [1.29, 1.82) is 5.41 Å². The van der Waals surface area contributed by atoms with Crippen LogP contribution in [-0.2, 0) is 0 Å². The van der Waals surface area contributed by atoms with E-state index in [-0.39, 0.29) is 17.1 Å². The van der Waals surface area contributed by atoms with E-state index in [0.717, 1.165) is 0 Å². The number of fused-ring (bicyclic) bond motifs is 1. The first-order chi connectivity index (χ1) is 6.24. The lowest BCUT2D eigenvalue weighted by molar-refractivity contribution is 0.175. The Labute approximate surface area is 72.1 Å².